The van der Waals surface area contributed by atoms with Gasteiger partial charge < -0.3 is 4.90 Å². The van der Waals surface area contributed by atoms with Gasteiger partial charge in [-0.15, -0.1) is 0 Å². The second-order valence-electron chi connectivity index (χ2n) is 5.57. The SMILES string of the molecule is CC1CC(C)CN(C(=O)/C=C/c2ccc(Cl)cc2)C1. The van der Waals surface area contributed by atoms with Crippen molar-refractivity contribution in [3.63, 3.8) is 0 Å². The first-order chi connectivity index (χ1) is 9.04. The number of carbonyl (C=O) groups is 1. The Kier molecular flexibility index (Phi) is 4.65. The van der Waals surface area contributed by atoms with Crippen LogP contribution >= 0.6 is 11.6 Å². The Morgan fingerprint density at radius 1 is 1.21 bits per heavy atom. The fourth-order valence-corrected chi connectivity index (χ4v) is 2.82. The van der Waals surface area contributed by atoms with Crippen LogP contribution < -0.4 is 0 Å². The third kappa shape index (κ3) is 4.10. The highest BCUT2D eigenvalue weighted by Crippen LogP contribution is 2.21. The normalized spacial score (nSPS) is 23.8. The van der Waals surface area contributed by atoms with Gasteiger partial charge in [-0.05, 0) is 42.0 Å². The summed E-state index contributed by atoms with van der Waals surface area (Å²) < 4.78 is 0. The summed E-state index contributed by atoms with van der Waals surface area (Å²) in [7, 11) is 0. The minimum absolute atomic E-state index is 0.105. The van der Waals surface area contributed by atoms with E-state index < -0.39 is 0 Å². The molecule has 1 saturated heterocycles. The maximum absolute atomic E-state index is 12.1. The zero-order valence-electron chi connectivity index (χ0n) is 11.5. The standard InChI is InChI=1S/C16H20ClNO/c1-12-9-13(2)11-18(10-12)16(19)8-5-14-3-6-15(17)7-4-14/h3-8,12-13H,9-11H2,1-2H3/b8-5+. The fraction of sp³-hybridized carbons (Fsp3) is 0.438. The smallest absolute Gasteiger partial charge is 0.246 e. The number of rotatable bonds is 2. The first-order valence-electron chi connectivity index (χ1n) is 6.77. The van der Waals surface area contributed by atoms with Crippen LogP contribution in [0.15, 0.2) is 30.3 Å². The predicted molar refractivity (Wildman–Crippen MR) is 80.0 cm³/mol. The van der Waals surface area contributed by atoms with Crippen molar-refractivity contribution in [1.82, 2.24) is 4.90 Å². The van der Waals surface area contributed by atoms with Crippen molar-refractivity contribution < 1.29 is 4.79 Å². The first kappa shape index (κ1) is 14.1. The lowest BCUT2D eigenvalue weighted by atomic mass is 9.92. The zero-order chi connectivity index (χ0) is 13.8. The minimum atomic E-state index is 0.105. The molecular weight excluding hydrogens is 258 g/mol. The van der Waals surface area contributed by atoms with Crippen molar-refractivity contribution in [2.45, 2.75) is 20.3 Å². The highest BCUT2D eigenvalue weighted by Gasteiger charge is 2.23. The maximum Gasteiger partial charge on any atom is 0.246 e. The summed E-state index contributed by atoms with van der Waals surface area (Å²) in [5.41, 5.74) is 0.996. The number of halogens is 1. The van der Waals surface area contributed by atoms with Gasteiger partial charge in [-0.25, -0.2) is 0 Å². The van der Waals surface area contributed by atoms with Gasteiger partial charge in [-0.1, -0.05) is 37.6 Å². The molecule has 0 spiro atoms. The van der Waals surface area contributed by atoms with Crippen LogP contribution in [-0.2, 0) is 4.79 Å². The van der Waals surface area contributed by atoms with Crippen LogP contribution in [0.5, 0.6) is 0 Å². The number of benzene rings is 1. The van der Waals surface area contributed by atoms with Crippen LogP contribution in [-0.4, -0.2) is 23.9 Å². The number of hydrogen-bond donors (Lipinski definition) is 0. The van der Waals surface area contributed by atoms with Crippen molar-refractivity contribution in [2.24, 2.45) is 11.8 Å². The molecule has 0 radical (unpaired) electrons. The molecule has 1 aromatic rings. The molecule has 19 heavy (non-hydrogen) atoms. The van der Waals surface area contributed by atoms with Crippen molar-refractivity contribution in [3.8, 4) is 0 Å². The molecular formula is C16H20ClNO. The van der Waals surface area contributed by atoms with E-state index in [1.807, 2.05) is 35.2 Å². The summed E-state index contributed by atoms with van der Waals surface area (Å²) in [5.74, 6) is 1.29. The van der Waals surface area contributed by atoms with Gasteiger partial charge in [0.25, 0.3) is 0 Å². The molecule has 0 N–H and O–H groups in total. The van der Waals surface area contributed by atoms with Crippen molar-refractivity contribution >= 4 is 23.6 Å². The molecule has 2 atom stereocenters. The molecule has 0 aromatic heterocycles. The van der Waals surface area contributed by atoms with Crippen molar-refractivity contribution in [2.75, 3.05) is 13.1 Å². The van der Waals surface area contributed by atoms with E-state index in [1.165, 1.54) is 6.42 Å². The lowest BCUT2D eigenvalue weighted by Gasteiger charge is -2.34. The van der Waals surface area contributed by atoms with Crippen molar-refractivity contribution in [3.05, 3.63) is 40.9 Å². The largest absolute Gasteiger partial charge is 0.339 e. The molecule has 102 valence electrons. The van der Waals surface area contributed by atoms with E-state index in [2.05, 4.69) is 13.8 Å². The van der Waals surface area contributed by atoms with Crippen LogP contribution in [0.4, 0.5) is 0 Å². The van der Waals surface area contributed by atoms with E-state index in [1.54, 1.807) is 6.08 Å². The molecule has 1 aliphatic heterocycles. The Labute approximate surface area is 120 Å². The number of piperidine rings is 1. The summed E-state index contributed by atoms with van der Waals surface area (Å²) in [6.07, 6.45) is 4.72. The zero-order valence-corrected chi connectivity index (χ0v) is 12.2. The molecule has 0 bridgehead atoms. The quantitative estimate of drug-likeness (QED) is 0.752. The van der Waals surface area contributed by atoms with E-state index in [-0.39, 0.29) is 5.91 Å². The molecule has 0 saturated carbocycles. The minimum Gasteiger partial charge on any atom is -0.339 e. The number of nitrogens with zero attached hydrogens (tertiary/aromatic N) is 1. The van der Waals surface area contributed by atoms with Crippen LogP contribution in [0.25, 0.3) is 6.08 Å². The number of hydrogen-bond acceptors (Lipinski definition) is 1. The summed E-state index contributed by atoms with van der Waals surface area (Å²) in [5, 5.41) is 0.710. The van der Waals surface area contributed by atoms with Crippen LogP contribution in [0.3, 0.4) is 0 Å². The number of likely N-dealkylation sites (tertiary alicyclic amines) is 1. The Morgan fingerprint density at radius 3 is 2.37 bits per heavy atom. The van der Waals surface area contributed by atoms with Gasteiger partial charge in [0.1, 0.15) is 0 Å². The average Bonchev–Trinajstić information content (AvgIpc) is 2.36. The molecule has 1 heterocycles. The second kappa shape index (κ2) is 6.25. The van der Waals surface area contributed by atoms with Gasteiger partial charge in [0.2, 0.25) is 5.91 Å². The van der Waals surface area contributed by atoms with Gasteiger partial charge in [0.05, 0.1) is 0 Å². The highest BCUT2D eigenvalue weighted by molar-refractivity contribution is 6.30. The molecule has 1 aromatic carbocycles. The average molecular weight is 278 g/mol. The summed E-state index contributed by atoms with van der Waals surface area (Å²) >= 11 is 5.83. The highest BCUT2D eigenvalue weighted by atomic mass is 35.5. The lowest BCUT2D eigenvalue weighted by molar-refractivity contribution is -0.128. The van der Waals surface area contributed by atoms with Gasteiger partial charge in [0.15, 0.2) is 0 Å². The Bertz CT molecular complexity index is 456. The van der Waals surface area contributed by atoms with E-state index in [4.69, 9.17) is 11.6 Å². The van der Waals surface area contributed by atoms with Gasteiger partial charge in [-0.2, -0.15) is 0 Å². The monoisotopic (exact) mass is 277 g/mol. The Morgan fingerprint density at radius 2 is 1.79 bits per heavy atom. The van der Waals surface area contributed by atoms with E-state index >= 15 is 0 Å². The summed E-state index contributed by atoms with van der Waals surface area (Å²) in [6, 6.07) is 7.48. The van der Waals surface area contributed by atoms with Gasteiger partial charge in [0, 0.05) is 24.2 Å². The van der Waals surface area contributed by atoms with E-state index in [9.17, 15) is 4.79 Å². The molecule has 0 aliphatic carbocycles. The summed E-state index contributed by atoms with van der Waals surface area (Å²) in [6.45, 7) is 6.15. The van der Waals surface area contributed by atoms with Crippen molar-refractivity contribution in [1.29, 1.82) is 0 Å². The van der Waals surface area contributed by atoms with E-state index in [0.29, 0.717) is 16.9 Å². The number of carbonyl (C=O) groups excluding carboxylic acids is 1. The summed E-state index contributed by atoms with van der Waals surface area (Å²) in [4.78, 5) is 14.1. The number of amides is 1. The molecule has 2 rings (SSSR count). The second-order valence-corrected chi connectivity index (χ2v) is 6.01. The third-order valence-corrected chi connectivity index (χ3v) is 3.72. The Hall–Kier alpha value is -1.28. The van der Waals surface area contributed by atoms with Gasteiger partial charge in [-0.3, -0.25) is 4.79 Å². The first-order valence-corrected chi connectivity index (χ1v) is 7.15. The molecule has 3 heteroatoms. The topological polar surface area (TPSA) is 20.3 Å². The van der Waals surface area contributed by atoms with E-state index in [0.717, 1.165) is 18.7 Å². The Balaban J connectivity index is 1.98. The molecule has 1 amide bonds. The molecule has 2 unspecified atom stereocenters. The fourth-order valence-electron chi connectivity index (χ4n) is 2.69. The van der Waals surface area contributed by atoms with Gasteiger partial charge >= 0.3 is 0 Å². The van der Waals surface area contributed by atoms with Crippen LogP contribution in [0.2, 0.25) is 5.02 Å². The van der Waals surface area contributed by atoms with Crippen LogP contribution in [0.1, 0.15) is 25.8 Å². The third-order valence-electron chi connectivity index (χ3n) is 3.47. The predicted octanol–water partition coefficient (Wildman–Crippen LogP) is 3.86. The van der Waals surface area contributed by atoms with Crippen LogP contribution in [0, 0.1) is 11.8 Å². The molecule has 2 nitrogen and oxygen atoms in total. The maximum atomic E-state index is 12.1. The molecule has 1 fully saturated rings. The lowest BCUT2D eigenvalue weighted by Crippen LogP contribution is -2.41. The molecule has 1 aliphatic rings.